The molecule has 0 heterocycles. The van der Waals surface area contributed by atoms with Gasteiger partial charge >= 0.3 is 12.1 Å². The van der Waals surface area contributed by atoms with Crippen molar-refractivity contribution in [1.82, 2.24) is 5.32 Å². The number of rotatable bonds is 7. The van der Waals surface area contributed by atoms with E-state index in [1.165, 1.54) is 0 Å². The van der Waals surface area contributed by atoms with Gasteiger partial charge in [-0.15, -0.1) is 0 Å². The molecule has 1 amide bonds. The summed E-state index contributed by atoms with van der Waals surface area (Å²) < 4.78 is 5.10. The summed E-state index contributed by atoms with van der Waals surface area (Å²) in [5.41, 5.74) is 0.855. The number of hydrogen-bond acceptors (Lipinski definition) is 3. The molecule has 1 rings (SSSR count). The first-order chi connectivity index (χ1) is 10.3. The van der Waals surface area contributed by atoms with Crippen LogP contribution in [0.4, 0.5) is 4.79 Å². The lowest BCUT2D eigenvalue weighted by Gasteiger charge is -2.30. The minimum Gasteiger partial charge on any atom is -0.480 e. The van der Waals surface area contributed by atoms with Crippen LogP contribution >= 0.6 is 0 Å². The van der Waals surface area contributed by atoms with E-state index >= 15 is 0 Å². The maximum Gasteiger partial charge on any atom is 0.408 e. The molecule has 5 heteroatoms. The monoisotopic (exact) mass is 307 g/mol. The fourth-order valence-electron chi connectivity index (χ4n) is 2.75. The van der Waals surface area contributed by atoms with Crippen LogP contribution in [0.2, 0.25) is 0 Å². The number of aliphatic carboxylic acids is 1. The number of carboxylic acids is 1. The number of alkyl carbamates (subject to hydrolysis) is 1. The minimum atomic E-state index is -1.04. The molecule has 1 atom stereocenters. The van der Waals surface area contributed by atoms with Gasteiger partial charge in [0.2, 0.25) is 0 Å². The van der Waals surface area contributed by atoms with Gasteiger partial charge < -0.3 is 15.2 Å². The van der Waals surface area contributed by atoms with E-state index in [0.717, 1.165) is 5.56 Å². The molecule has 0 aromatic heterocycles. The van der Waals surface area contributed by atoms with Gasteiger partial charge in [0.1, 0.15) is 12.6 Å². The largest absolute Gasteiger partial charge is 0.480 e. The predicted molar refractivity (Wildman–Crippen MR) is 84.4 cm³/mol. The third-order valence-electron chi connectivity index (χ3n) is 3.68. The molecular weight excluding hydrogens is 282 g/mol. The second-order valence-corrected chi connectivity index (χ2v) is 6.09. The van der Waals surface area contributed by atoms with Crippen LogP contribution in [-0.2, 0) is 16.1 Å². The first kappa shape index (κ1) is 18.0. The highest BCUT2D eigenvalue weighted by Gasteiger charge is 2.34. The molecule has 0 bridgehead atoms. The number of carbonyl (C=O) groups excluding carboxylic acids is 1. The van der Waals surface area contributed by atoms with Gasteiger partial charge in [-0.2, -0.15) is 0 Å². The smallest absolute Gasteiger partial charge is 0.408 e. The summed E-state index contributed by atoms with van der Waals surface area (Å²) in [6.07, 6.45) is -0.706. The summed E-state index contributed by atoms with van der Waals surface area (Å²) in [7, 11) is 0. The SMILES string of the molecule is CC(C)C(C(C)C)C(NC(=O)OCc1ccccc1)C(=O)O. The van der Waals surface area contributed by atoms with E-state index in [1.807, 2.05) is 58.0 Å². The van der Waals surface area contributed by atoms with Crippen LogP contribution in [0.3, 0.4) is 0 Å². The number of carboxylic acid groups (broad SMARTS) is 1. The van der Waals surface area contributed by atoms with Gasteiger partial charge in [-0.3, -0.25) is 0 Å². The molecule has 0 spiro atoms. The van der Waals surface area contributed by atoms with E-state index in [-0.39, 0.29) is 24.4 Å². The van der Waals surface area contributed by atoms with E-state index in [4.69, 9.17) is 4.74 Å². The van der Waals surface area contributed by atoms with Crippen LogP contribution in [-0.4, -0.2) is 23.2 Å². The Morgan fingerprint density at radius 1 is 1.09 bits per heavy atom. The highest BCUT2D eigenvalue weighted by molar-refractivity contribution is 5.80. The number of benzene rings is 1. The Hall–Kier alpha value is -2.04. The van der Waals surface area contributed by atoms with E-state index in [1.54, 1.807) is 0 Å². The molecule has 0 radical (unpaired) electrons. The van der Waals surface area contributed by atoms with Crippen LogP contribution in [0.25, 0.3) is 0 Å². The number of hydrogen-bond donors (Lipinski definition) is 2. The summed E-state index contributed by atoms with van der Waals surface area (Å²) in [6, 6.07) is 8.30. The molecule has 1 aromatic rings. The van der Waals surface area contributed by atoms with Gasteiger partial charge in [-0.05, 0) is 23.3 Å². The fraction of sp³-hybridized carbons (Fsp3) is 0.529. The summed E-state index contributed by atoms with van der Waals surface area (Å²) in [5.74, 6) is -0.933. The summed E-state index contributed by atoms with van der Waals surface area (Å²) in [5, 5.41) is 11.9. The lowest BCUT2D eigenvalue weighted by molar-refractivity contribution is -0.142. The standard InChI is InChI=1S/C17H25NO4/c1-11(2)14(12(3)4)15(16(19)20)18-17(21)22-10-13-8-6-5-7-9-13/h5-9,11-12,14-15H,10H2,1-4H3,(H,18,21)(H,19,20). The zero-order valence-electron chi connectivity index (χ0n) is 13.6. The van der Waals surface area contributed by atoms with Gasteiger partial charge in [0.15, 0.2) is 0 Å². The topological polar surface area (TPSA) is 75.6 Å². The Balaban J connectivity index is 2.66. The lowest BCUT2D eigenvalue weighted by atomic mass is 9.80. The average molecular weight is 307 g/mol. The molecule has 5 nitrogen and oxygen atoms in total. The number of ether oxygens (including phenoxy) is 1. The van der Waals surface area contributed by atoms with Gasteiger partial charge in [0, 0.05) is 0 Å². The summed E-state index contributed by atoms with van der Waals surface area (Å²) >= 11 is 0. The van der Waals surface area contributed by atoms with Gasteiger partial charge in [0.05, 0.1) is 0 Å². The third-order valence-corrected chi connectivity index (χ3v) is 3.68. The Morgan fingerprint density at radius 2 is 1.64 bits per heavy atom. The van der Waals surface area contributed by atoms with Crippen LogP contribution in [0, 0.1) is 17.8 Å². The average Bonchev–Trinajstić information content (AvgIpc) is 2.44. The Kier molecular flexibility index (Phi) is 6.89. The van der Waals surface area contributed by atoms with Gasteiger partial charge in [-0.1, -0.05) is 58.0 Å². The third kappa shape index (κ3) is 5.39. The fourth-order valence-corrected chi connectivity index (χ4v) is 2.75. The quantitative estimate of drug-likeness (QED) is 0.810. The first-order valence-corrected chi connectivity index (χ1v) is 7.53. The second-order valence-electron chi connectivity index (χ2n) is 6.09. The van der Waals surface area contributed by atoms with Gasteiger partial charge in [0.25, 0.3) is 0 Å². The molecule has 0 saturated heterocycles. The Bertz CT molecular complexity index is 477. The van der Waals surface area contributed by atoms with Crippen molar-refractivity contribution in [3.05, 3.63) is 35.9 Å². The normalized spacial score (nSPS) is 12.5. The van der Waals surface area contributed by atoms with Crippen molar-refractivity contribution >= 4 is 12.1 Å². The second kappa shape index (κ2) is 8.41. The Morgan fingerprint density at radius 3 is 2.09 bits per heavy atom. The first-order valence-electron chi connectivity index (χ1n) is 7.53. The zero-order valence-corrected chi connectivity index (χ0v) is 13.6. The lowest BCUT2D eigenvalue weighted by Crippen LogP contribution is -2.49. The van der Waals surface area contributed by atoms with Crippen LogP contribution in [0.15, 0.2) is 30.3 Å². The molecule has 1 unspecified atom stereocenters. The van der Waals surface area contributed by atoms with E-state index < -0.39 is 18.1 Å². The van der Waals surface area contributed by atoms with Crippen molar-refractivity contribution in [3.8, 4) is 0 Å². The molecule has 122 valence electrons. The molecule has 0 aliphatic heterocycles. The van der Waals surface area contributed by atoms with E-state index in [0.29, 0.717) is 0 Å². The van der Waals surface area contributed by atoms with Crippen molar-refractivity contribution in [1.29, 1.82) is 0 Å². The summed E-state index contributed by atoms with van der Waals surface area (Å²) in [6.45, 7) is 7.94. The number of nitrogens with one attached hydrogen (secondary N) is 1. The minimum absolute atomic E-state index is 0.118. The number of amides is 1. The van der Waals surface area contributed by atoms with Crippen molar-refractivity contribution in [3.63, 3.8) is 0 Å². The maximum atomic E-state index is 11.9. The maximum absolute atomic E-state index is 11.9. The molecule has 0 aliphatic carbocycles. The Labute approximate surface area is 131 Å². The van der Waals surface area contributed by atoms with Crippen LogP contribution < -0.4 is 5.32 Å². The molecule has 0 saturated carbocycles. The molecular formula is C17H25NO4. The highest BCUT2D eigenvalue weighted by atomic mass is 16.5. The highest BCUT2D eigenvalue weighted by Crippen LogP contribution is 2.24. The zero-order chi connectivity index (χ0) is 16.7. The van der Waals surface area contributed by atoms with Crippen LogP contribution in [0.1, 0.15) is 33.3 Å². The molecule has 0 aliphatic rings. The van der Waals surface area contributed by atoms with E-state index in [9.17, 15) is 14.7 Å². The summed E-state index contributed by atoms with van der Waals surface area (Å²) in [4.78, 5) is 23.4. The van der Waals surface area contributed by atoms with Gasteiger partial charge in [-0.25, -0.2) is 9.59 Å². The van der Waals surface area contributed by atoms with Crippen molar-refractivity contribution < 1.29 is 19.4 Å². The molecule has 1 aromatic carbocycles. The molecule has 2 N–H and O–H groups in total. The van der Waals surface area contributed by atoms with Crippen LogP contribution in [0.5, 0.6) is 0 Å². The predicted octanol–water partition coefficient (Wildman–Crippen LogP) is 3.29. The molecule has 0 fully saturated rings. The number of carbonyl (C=O) groups is 2. The van der Waals surface area contributed by atoms with E-state index in [2.05, 4.69) is 5.32 Å². The van der Waals surface area contributed by atoms with Crippen molar-refractivity contribution in [2.24, 2.45) is 17.8 Å². The molecule has 22 heavy (non-hydrogen) atoms. The van der Waals surface area contributed by atoms with Crippen molar-refractivity contribution in [2.45, 2.75) is 40.3 Å². The van der Waals surface area contributed by atoms with Crippen molar-refractivity contribution in [2.75, 3.05) is 0 Å².